The lowest BCUT2D eigenvalue weighted by molar-refractivity contribution is -0.137. The monoisotopic (exact) mass is 254 g/mol. The highest BCUT2D eigenvalue weighted by atomic mass is 16.3. The summed E-state index contributed by atoms with van der Waals surface area (Å²) >= 11 is 0. The average Bonchev–Trinajstić information content (AvgIpc) is 2.82. The van der Waals surface area contributed by atoms with E-state index in [1.165, 1.54) is 19.3 Å². The first-order valence-corrected chi connectivity index (χ1v) is 7.38. The molecule has 1 amide bonds. The van der Waals surface area contributed by atoms with Gasteiger partial charge in [0.2, 0.25) is 5.91 Å². The fourth-order valence-electron chi connectivity index (χ4n) is 3.32. The molecule has 1 saturated heterocycles. The zero-order valence-electron chi connectivity index (χ0n) is 11.4. The molecule has 4 heteroatoms. The second-order valence-electron chi connectivity index (χ2n) is 5.74. The molecule has 18 heavy (non-hydrogen) atoms. The lowest BCUT2D eigenvalue weighted by Gasteiger charge is -2.36. The molecule has 0 aromatic heterocycles. The van der Waals surface area contributed by atoms with Crippen molar-refractivity contribution in [1.29, 1.82) is 0 Å². The van der Waals surface area contributed by atoms with Gasteiger partial charge in [0, 0.05) is 12.6 Å². The van der Waals surface area contributed by atoms with Gasteiger partial charge in [-0.1, -0.05) is 26.2 Å². The summed E-state index contributed by atoms with van der Waals surface area (Å²) in [6.07, 6.45) is 7.00. The van der Waals surface area contributed by atoms with E-state index >= 15 is 0 Å². The number of hydrogen-bond acceptors (Lipinski definition) is 3. The molecule has 2 aliphatic rings. The predicted octanol–water partition coefficient (Wildman–Crippen LogP) is 1.14. The molecular formula is C14H26N2O2. The second kappa shape index (κ2) is 6.53. The van der Waals surface area contributed by atoms with Crippen LogP contribution in [0.5, 0.6) is 0 Å². The minimum atomic E-state index is -0.0292. The Kier molecular flexibility index (Phi) is 5.01. The highest BCUT2D eigenvalue weighted by Gasteiger charge is 2.35. The smallest absolute Gasteiger partial charge is 0.240 e. The first kappa shape index (κ1) is 13.8. The van der Waals surface area contributed by atoms with Crippen molar-refractivity contribution in [3.63, 3.8) is 0 Å². The fraction of sp³-hybridized carbons (Fsp3) is 0.929. The van der Waals surface area contributed by atoms with E-state index in [9.17, 15) is 9.90 Å². The Balaban J connectivity index is 2.01. The number of aliphatic hydroxyl groups excluding tert-OH is 1. The number of carbonyl (C=O) groups is 1. The lowest BCUT2D eigenvalue weighted by Crippen LogP contribution is -2.51. The number of nitrogens with one attached hydrogen (secondary N) is 1. The van der Waals surface area contributed by atoms with Crippen molar-refractivity contribution >= 4 is 5.91 Å². The molecule has 0 aromatic carbocycles. The molecule has 2 N–H and O–H groups in total. The van der Waals surface area contributed by atoms with Crippen molar-refractivity contribution in [2.45, 2.75) is 57.5 Å². The number of nitrogens with zero attached hydrogens (tertiary/aromatic N) is 1. The van der Waals surface area contributed by atoms with E-state index in [0.717, 1.165) is 25.8 Å². The maximum absolute atomic E-state index is 12.6. The molecular weight excluding hydrogens is 228 g/mol. The van der Waals surface area contributed by atoms with E-state index in [0.29, 0.717) is 18.5 Å². The molecule has 1 heterocycles. The van der Waals surface area contributed by atoms with E-state index in [2.05, 4.69) is 12.2 Å². The van der Waals surface area contributed by atoms with Crippen LogP contribution in [0.3, 0.4) is 0 Å². The van der Waals surface area contributed by atoms with Gasteiger partial charge in [-0.2, -0.15) is 0 Å². The summed E-state index contributed by atoms with van der Waals surface area (Å²) in [6.45, 7) is 3.65. The lowest BCUT2D eigenvalue weighted by atomic mass is 9.93. The predicted molar refractivity (Wildman–Crippen MR) is 71.2 cm³/mol. The average molecular weight is 254 g/mol. The molecule has 2 unspecified atom stereocenters. The summed E-state index contributed by atoms with van der Waals surface area (Å²) in [5.74, 6) is 0.628. The molecule has 0 radical (unpaired) electrons. The van der Waals surface area contributed by atoms with Crippen LogP contribution >= 0.6 is 0 Å². The summed E-state index contributed by atoms with van der Waals surface area (Å²) in [5, 5.41) is 12.5. The largest absolute Gasteiger partial charge is 0.395 e. The highest BCUT2D eigenvalue weighted by Crippen LogP contribution is 2.25. The van der Waals surface area contributed by atoms with Crippen molar-refractivity contribution in [2.75, 3.05) is 19.7 Å². The minimum Gasteiger partial charge on any atom is -0.395 e. The zero-order valence-corrected chi connectivity index (χ0v) is 11.4. The van der Waals surface area contributed by atoms with Crippen LogP contribution in [0.15, 0.2) is 0 Å². The van der Waals surface area contributed by atoms with Crippen molar-refractivity contribution in [2.24, 2.45) is 5.92 Å². The van der Waals surface area contributed by atoms with E-state index in [-0.39, 0.29) is 18.6 Å². The zero-order chi connectivity index (χ0) is 13.0. The van der Waals surface area contributed by atoms with Crippen LogP contribution in [0.1, 0.15) is 45.4 Å². The van der Waals surface area contributed by atoms with Crippen LogP contribution < -0.4 is 5.32 Å². The quantitative estimate of drug-likeness (QED) is 0.791. The van der Waals surface area contributed by atoms with Gasteiger partial charge in [0.15, 0.2) is 0 Å². The normalized spacial score (nSPS) is 29.4. The Bertz CT molecular complexity index is 277. The molecule has 2 fully saturated rings. The Morgan fingerprint density at radius 2 is 2.00 bits per heavy atom. The topological polar surface area (TPSA) is 52.6 Å². The number of carbonyl (C=O) groups excluding carboxylic acids is 1. The van der Waals surface area contributed by atoms with Crippen LogP contribution in [-0.4, -0.2) is 47.7 Å². The van der Waals surface area contributed by atoms with Gasteiger partial charge in [0.1, 0.15) is 0 Å². The number of amides is 1. The molecule has 2 atom stereocenters. The number of aliphatic hydroxyl groups is 1. The maximum Gasteiger partial charge on any atom is 0.240 e. The van der Waals surface area contributed by atoms with Crippen molar-refractivity contribution < 1.29 is 9.90 Å². The molecule has 1 saturated carbocycles. The Morgan fingerprint density at radius 1 is 1.28 bits per heavy atom. The van der Waals surface area contributed by atoms with Crippen molar-refractivity contribution in [3.8, 4) is 0 Å². The molecule has 0 bridgehead atoms. The van der Waals surface area contributed by atoms with E-state index in [1.54, 1.807) is 0 Å². The van der Waals surface area contributed by atoms with Gasteiger partial charge in [0.25, 0.3) is 0 Å². The highest BCUT2D eigenvalue weighted by molar-refractivity contribution is 5.83. The van der Waals surface area contributed by atoms with Crippen molar-refractivity contribution in [3.05, 3.63) is 0 Å². The summed E-state index contributed by atoms with van der Waals surface area (Å²) < 4.78 is 0. The van der Waals surface area contributed by atoms with E-state index in [1.807, 2.05) is 4.90 Å². The SMILES string of the molecule is CC1CCNC1C(=O)N(CCO)C1CCCCC1. The van der Waals surface area contributed by atoms with Crippen molar-refractivity contribution in [1.82, 2.24) is 10.2 Å². The molecule has 0 aromatic rings. The molecule has 1 aliphatic heterocycles. The molecule has 104 valence electrons. The first-order chi connectivity index (χ1) is 8.74. The Morgan fingerprint density at radius 3 is 2.56 bits per heavy atom. The maximum atomic E-state index is 12.6. The van der Waals surface area contributed by atoms with Gasteiger partial charge in [-0.25, -0.2) is 0 Å². The first-order valence-electron chi connectivity index (χ1n) is 7.38. The summed E-state index contributed by atoms with van der Waals surface area (Å²) in [5.41, 5.74) is 0. The summed E-state index contributed by atoms with van der Waals surface area (Å²) in [6, 6.07) is 0.325. The molecule has 2 rings (SSSR count). The van der Waals surface area contributed by atoms with Crippen LogP contribution in [0.2, 0.25) is 0 Å². The van der Waals surface area contributed by atoms with Crippen LogP contribution in [0.25, 0.3) is 0 Å². The van der Waals surface area contributed by atoms with E-state index in [4.69, 9.17) is 0 Å². The van der Waals surface area contributed by atoms with E-state index < -0.39 is 0 Å². The third-order valence-electron chi connectivity index (χ3n) is 4.44. The van der Waals surface area contributed by atoms with Crippen LogP contribution in [-0.2, 0) is 4.79 Å². The van der Waals surface area contributed by atoms with Crippen LogP contribution in [0.4, 0.5) is 0 Å². The van der Waals surface area contributed by atoms with Gasteiger partial charge in [0.05, 0.1) is 12.6 Å². The molecule has 1 aliphatic carbocycles. The Hall–Kier alpha value is -0.610. The second-order valence-corrected chi connectivity index (χ2v) is 5.74. The summed E-state index contributed by atoms with van der Waals surface area (Å²) in [7, 11) is 0. The van der Waals surface area contributed by atoms with Gasteiger partial charge in [-0.15, -0.1) is 0 Å². The number of rotatable bonds is 4. The van der Waals surface area contributed by atoms with Gasteiger partial charge in [-0.05, 0) is 31.7 Å². The number of hydrogen-bond donors (Lipinski definition) is 2. The summed E-state index contributed by atoms with van der Waals surface area (Å²) in [4.78, 5) is 14.5. The fourth-order valence-corrected chi connectivity index (χ4v) is 3.32. The third kappa shape index (κ3) is 3.04. The standard InChI is InChI=1S/C14H26N2O2/c1-11-7-8-15-13(11)14(18)16(9-10-17)12-5-3-2-4-6-12/h11-13,15,17H,2-10H2,1H3. The van der Waals surface area contributed by atoms with Gasteiger partial charge < -0.3 is 15.3 Å². The minimum absolute atomic E-state index is 0.0292. The van der Waals surface area contributed by atoms with Crippen LogP contribution in [0, 0.1) is 5.92 Å². The molecule has 0 spiro atoms. The Labute approximate surface area is 110 Å². The molecule has 4 nitrogen and oxygen atoms in total. The third-order valence-corrected chi connectivity index (χ3v) is 4.44. The van der Waals surface area contributed by atoms with Gasteiger partial charge in [-0.3, -0.25) is 4.79 Å². The van der Waals surface area contributed by atoms with Gasteiger partial charge >= 0.3 is 0 Å².